The highest BCUT2D eigenvalue weighted by molar-refractivity contribution is 6.30. The average molecular weight is 199 g/mol. The molecule has 1 heterocycles. The number of halogens is 1. The molecule has 0 saturated carbocycles. The Morgan fingerprint density at radius 1 is 1.31 bits per heavy atom. The molecule has 0 amide bonds. The Morgan fingerprint density at radius 3 is 2.85 bits per heavy atom. The van der Waals surface area contributed by atoms with Gasteiger partial charge in [0, 0.05) is 12.8 Å². The van der Waals surface area contributed by atoms with Crippen molar-refractivity contribution in [3.8, 4) is 0 Å². The third-order valence-electron chi connectivity index (χ3n) is 2.09. The van der Waals surface area contributed by atoms with Crippen LogP contribution in [0.1, 0.15) is 29.0 Å². The Bertz CT molecular complexity index is 419. The number of rotatable bonds is 0. The lowest BCUT2D eigenvalue weighted by molar-refractivity contribution is 0.0966. The van der Waals surface area contributed by atoms with Crippen molar-refractivity contribution in [1.82, 2.24) is 0 Å². The highest BCUT2D eigenvalue weighted by atomic mass is 35.5. The fourth-order valence-electron chi connectivity index (χ4n) is 1.45. The van der Waals surface area contributed by atoms with E-state index in [1.807, 2.05) is 0 Å². The van der Waals surface area contributed by atoms with E-state index in [4.69, 9.17) is 16.0 Å². The van der Waals surface area contributed by atoms with Gasteiger partial charge in [0.25, 0.3) is 0 Å². The van der Waals surface area contributed by atoms with E-state index in [0.717, 1.165) is 6.42 Å². The van der Waals surface area contributed by atoms with E-state index in [1.54, 1.807) is 0 Å². The SMILES string of the molecule is O=C1CCCc2oc(=O)c(Cl)cc21. The van der Waals surface area contributed by atoms with Gasteiger partial charge in [0.1, 0.15) is 10.8 Å². The number of carbonyl (C=O) groups excluding carboxylic acids is 1. The zero-order valence-electron chi connectivity index (χ0n) is 6.80. The molecule has 0 saturated heterocycles. The van der Waals surface area contributed by atoms with E-state index in [2.05, 4.69) is 0 Å². The van der Waals surface area contributed by atoms with Crippen LogP contribution < -0.4 is 5.63 Å². The zero-order chi connectivity index (χ0) is 9.42. The number of carbonyl (C=O) groups is 1. The Balaban J connectivity index is 2.65. The molecule has 0 bridgehead atoms. The van der Waals surface area contributed by atoms with Crippen LogP contribution in [0.3, 0.4) is 0 Å². The van der Waals surface area contributed by atoms with Crippen molar-refractivity contribution in [2.24, 2.45) is 0 Å². The van der Waals surface area contributed by atoms with E-state index >= 15 is 0 Å². The summed E-state index contributed by atoms with van der Waals surface area (Å²) in [5.41, 5.74) is -0.0917. The average Bonchev–Trinajstić information content (AvgIpc) is 2.09. The van der Waals surface area contributed by atoms with Crippen molar-refractivity contribution < 1.29 is 9.21 Å². The molecule has 4 heteroatoms. The van der Waals surface area contributed by atoms with Crippen molar-refractivity contribution in [2.75, 3.05) is 0 Å². The molecule has 0 unspecified atom stereocenters. The summed E-state index contributed by atoms with van der Waals surface area (Å²) in [5.74, 6) is 0.484. The number of Topliss-reactive ketones (excluding diaryl/α,β-unsaturated/α-hetero) is 1. The van der Waals surface area contributed by atoms with Crippen molar-refractivity contribution in [3.63, 3.8) is 0 Å². The molecule has 3 nitrogen and oxygen atoms in total. The molecule has 1 aromatic heterocycles. The molecule has 0 N–H and O–H groups in total. The minimum Gasteiger partial charge on any atom is -0.426 e. The fourth-order valence-corrected chi connectivity index (χ4v) is 1.60. The maximum atomic E-state index is 11.3. The Kier molecular flexibility index (Phi) is 1.96. The maximum Gasteiger partial charge on any atom is 0.354 e. The predicted octanol–water partition coefficient (Wildman–Crippen LogP) is 1.81. The molecule has 1 aliphatic carbocycles. The number of fused-ring (bicyclic) bond motifs is 1. The summed E-state index contributed by atoms with van der Waals surface area (Å²) >= 11 is 5.55. The molecule has 0 spiro atoms. The first kappa shape index (κ1) is 8.51. The lowest BCUT2D eigenvalue weighted by Crippen LogP contribution is -2.14. The van der Waals surface area contributed by atoms with Crippen LogP contribution in [0.25, 0.3) is 0 Å². The third-order valence-corrected chi connectivity index (χ3v) is 2.35. The molecule has 68 valence electrons. The van der Waals surface area contributed by atoms with E-state index in [1.165, 1.54) is 6.07 Å². The Hall–Kier alpha value is -1.09. The van der Waals surface area contributed by atoms with Gasteiger partial charge in [0.15, 0.2) is 5.78 Å². The normalized spacial score (nSPS) is 15.6. The van der Waals surface area contributed by atoms with Crippen molar-refractivity contribution in [2.45, 2.75) is 19.3 Å². The van der Waals surface area contributed by atoms with Crippen LogP contribution in [-0.4, -0.2) is 5.78 Å². The predicted molar refractivity (Wildman–Crippen MR) is 47.3 cm³/mol. The van der Waals surface area contributed by atoms with Crippen LogP contribution >= 0.6 is 11.6 Å². The molecule has 0 radical (unpaired) electrons. The highest BCUT2D eigenvalue weighted by Gasteiger charge is 2.20. The van der Waals surface area contributed by atoms with Crippen LogP contribution in [0.15, 0.2) is 15.3 Å². The minimum absolute atomic E-state index is 0.00639. The first-order chi connectivity index (χ1) is 6.18. The quantitative estimate of drug-likeness (QED) is 0.639. The summed E-state index contributed by atoms with van der Waals surface area (Å²) in [6.45, 7) is 0. The number of hydrogen-bond donors (Lipinski definition) is 0. The molecular weight excluding hydrogens is 192 g/mol. The summed E-state index contributed by atoms with van der Waals surface area (Å²) in [7, 11) is 0. The molecule has 2 rings (SSSR count). The highest BCUT2D eigenvalue weighted by Crippen LogP contribution is 2.21. The maximum absolute atomic E-state index is 11.3. The van der Waals surface area contributed by atoms with Gasteiger partial charge in [0.05, 0.1) is 5.56 Å². The Morgan fingerprint density at radius 2 is 2.08 bits per heavy atom. The molecular formula is C9H7ClO3. The van der Waals surface area contributed by atoms with Gasteiger partial charge in [-0.1, -0.05) is 11.6 Å². The topological polar surface area (TPSA) is 47.3 Å². The molecule has 1 aromatic rings. The van der Waals surface area contributed by atoms with Crippen LogP contribution in [-0.2, 0) is 6.42 Å². The summed E-state index contributed by atoms with van der Waals surface area (Å²) in [6.07, 6.45) is 1.90. The van der Waals surface area contributed by atoms with Crippen LogP contribution in [0, 0.1) is 0 Å². The van der Waals surface area contributed by atoms with Gasteiger partial charge in [-0.2, -0.15) is 0 Å². The van der Waals surface area contributed by atoms with Crippen molar-refractivity contribution >= 4 is 17.4 Å². The van der Waals surface area contributed by atoms with Crippen molar-refractivity contribution in [3.05, 3.63) is 32.8 Å². The smallest absolute Gasteiger partial charge is 0.354 e. The molecule has 0 atom stereocenters. The van der Waals surface area contributed by atoms with Gasteiger partial charge in [0.2, 0.25) is 0 Å². The van der Waals surface area contributed by atoms with Crippen LogP contribution in [0.4, 0.5) is 0 Å². The number of hydrogen-bond acceptors (Lipinski definition) is 3. The van der Waals surface area contributed by atoms with Crippen molar-refractivity contribution in [1.29, 1.82) is 0 Å². The second-order valence-electron chi connectivity index (χ2n) is 3.00. The Labute approximate surface area is 79.3 Å². The molecule has 0 aromatic carbocycles. The third kappa shape index (κ3) is 1.40. The lowest BCUT2D eigenvalue weighted by atomic mass is 9.96. The molecule has 0 fully saturated rings. The minimum atomic E-state index is -0.560. The zero-order valence-corrected chi connectivity index (χ0v) is 7.56. The largest absolute Gasteiger partial charge is 0.426 e. The van der Waals surface area contributed by atoms with E-state index in [9.17, 15) is 9.59 Å². The first-order valence-corrected chi connectivity index (χ1v) is 4.42. The molecule has 0 aliphatic heterocycles. The lowest BCUT2D eigenvalue weighted by Gasteiger charge is -2.11. The number of aryl methyl sites for hydroxylation is 1. The van der Waals surface area contributed by atoms with Gasteiger partial charge in [-0.05, 0) is 12.5 Å². The molecule has 13 heavy (non-hydrogen) atoms. The van der Waals surface area contributed by atoms with E-state index < -0.39 is 5.63 Å². The summed E-state index contributed by atoms with van der Waals surface area (Å²) in [4.78, 5) is 22.3. The summed E-state index contributed by atoms with van der Waals surface area (Å²) in [6, 6.07) is 1.41. The van der Waals surface area contributed by atoms with Crippen LogP contribution in [0.2, 0.25) is 5.02 Å². The summed E-state index contributed by atoms with van der Waals surface area (Å²) < 4.78 is 4.89. The standard InChI is InChI=1S/C9H7ClO3/c10-6-4-5-7(11)2-1-3-8(5)13-9(6)12/h4H,1-3H2. The first-order valence-electron chi connectivity index (χ1n) is 4.04. The van der Waals surface area contributed by atoms with Crippen LogP contribution in [0.5, 0.6) is 0 Å². The van der Waals surface area contributed by atoms with Gasteiger partial charge in [-0.25, -0.2) is 4.79 Å². The van der Waals surface area contributed by atoms with Gasteiger partial charge in [-0.15, -0.1) is 0 Å². The number of ketones is 1. The van der Waals surface area contributed by atoms with Gasteiger partial charge < -0.3 is 4.42 Å². The second-order valence-corrected chi connectivity index (χ2v) is 3.40. The molecule has 1 aliphatic rings. The van der Waals surface area contributed by atoms with Gasteiger partial charge in [-0.3, -0.25) is 4.79 Å². The monoisotopic (exact) mass is 198 g/mol. The van der Waals surface area contributed by atoms with Gasteiger partial charge >= 0.3 is 5.63 Å². The van der Waals surface area contributed by atoms with E-state index in [-0.39, 0.29) is 10.8 Å². The second kappa shape index (κ2) is 3.00. The summed E-state index contributed by atoms with van der Waals surface area (Å²) in [5, 5.41) is -0.0194. The van der Waals surface area contributed by atoms with E-state index in [0.29, 0.717) is 24.2 Å². The fraction of sp³-hybridized carbons (Fsp3) is 0.333.